The first-order valence-corrected chi connectivity index (χ1v) is 6.49. The van der Waals surface area contributed by atoms with Gasteiger partial charge in [0.15, 0.2) is 0 Å². The van der Waals surface area contributed by atoms with E-state index in [2.05, 4.69) is 4.98 Å². The molecule has 2 N–H and O–H groups in total. The van der Waals surface area contributed by atoms with Crippen LogP contribution in [-0.2, 0) is 0 Å². The standard InChI is InChI=1S/C14H11FN2OS/c1-18-12-7-9(16)3-4-10(12)14-17-11-6-8(15)2-5-13(11)19-14/h2-7H,16H2,1H3. The Bertz CT molecular complexity index is 754. The van der Waals surface area contributed by atoms with Crippen molar-refractivity contribution < 1.29 is 9.13 Å². The van der Waals surface area contributed by atoms with Gasteiger partial charge >= 0.3 is 0 Å². The number of nitrogens with zero attached hydrogens (tertiary/aromatic N) is 1. The Kier molecular flexibility index (Phi) is 2.83. The van der Waals surface area contributed by atoms with Crippen molar-refractivity contribution >= 4 is 27.2 Å². The molecule has 1 aromatic heterocycles. The van der Waals surface area contributed by atoms with Gasteiger partial charge in [-0.15, -0.1) is 11.3 Å². The van der Waals surface area contributed by atoms with Crippen LogP contribution in [0.5, 0.6) is 5.75 Å². The maximum atomic E-state index is 13.2. The summed E-state index contributed by atoms with van der Waals surface area (Å²) in [7, 11) is 1.59. The number of aromatic nitrogens is 1. The van der Waals surface area contributed by atoms with Crippen molar-refractivity contribution in [1.29, 1.82) is 0 Å². The monoisotopic (exact) mass is 274 g/mol. The summed E-state index contributed by atoms with van der Waals surface area (Å²) in [6, 6.07) is 10.0. The SMILES string of the molecule is COc1cc(N)ccc1-c1nc2cc(F)ccc2s1. The zero-order valence-corrected chi connectivity index (χ0v) is 11.0. The summed E-state index contributed by atoms with van der Waals surface area (Å²) in [5.41, 5.74) is 7.87. The summed E-state index contributed by atoms with van der Waals surface area (Å²) >= 11 is 1.50. The lowest BCUT2D eigenvalue weighted by Crippen LogP contribution is -1.90. The molecule has 0 aliphatic heterocycles. The molecule has 19 heavy (non-hydrogen) atoms. The Balaban J connectivity index is 2.18. The summed E-state index contributed by atoms with van der Waals surface area (Å²) in [5, 5.41) is 0.789. The molecule has 0 saturated carbocycles. The zero-order chi connectivity index (χ0) is 13.4. The van der Waals surface area contributed by atoms with Crippen molar-refractivity contribution in [3.63, 3.8) is 0 Å². The van der Waals surface area contributed by atoms with Crippen molar-refractivity contribution in [1.82, 2.24) is 4.98 Å². The van der Waals surface area contributed by atoms with Gasteiger partial charge in [0.05, 0.1) is 22.9 Å². The third-order valence-electron chi connectivity index (χ3n) is 2.81. The normalized spacial score (nSPS) is 10.8. The minimum atomic E-state index is -0.284. The van der Waals surface area contributed by atoms with Crippen LogP contribution in [0.2, 0.25) is 0 Å². The summed E-state index contributed by atoms with van der Waals surface area (Å²) in [6.45, 7) is 0. The minimum absolute atomic E-state index is 0.284. The van der Waals surface area contributed by atoms with Gasteiger partial charge < -0.3 is 10.5 Å². The quantitative estimate of drug-likeness (QED) is 0.725. The van der Waals surface area contributed by atoms with Gasteiger partial charge in [0.2, 0.25) is 0 Å². The van der Waals surface area contributed by atoms with Crippen LogP contribution in [0.15, 0.2) is 36.4 Å². The fourth-order valence-corrected chi connectivity index (χ4v) is 2.88. The second-order valence-corrected chi connectivity index (χ2v) is 5.12. The Morgan fingerprint density at radius 3 is 2.84 bits per heavy atom. The van der Waals surface area contributed by atoms with E-state index >= 15 is 0 Å². The first-order valence-electron chi connectivity index (χ1n) is 5.67. The summed E-state index contributed by atoms with van der Waals surface area (Å²) in [5.74, 6) is 0.383. The van der Waals surface area contributed by atoms with E-state index < -0.39 is 0 Å². The second kappa shape index (κ2) is 4.51. The topological polar surface area (TPSA) is 48.1 Å². The molecule has 0 atom stereocenters. The van der Waals surface area contributed by atoms with Crippen LogP contribution in [0, 0.1) is 5.82 Å². The number of hydrogen-bond acceptors (Lipinski definition) is 4. The predicted molar refractivity (Wildman–Crippen MR) is 76.0 cm³/mol. The largest absolute Gasteiger partial charge is 0.496 e. The Labute approximate surface area is 113 Å². The van der Waals surface area contributed by atoms with Crippen LogP contribution < -0.4 is 10.5 Å². The van der Waals surface area contributed by atoms with Gasteiger partial charge in [-0.25, -0.2) is 9.37 Å². The van der Waals surface area contributed by atoms with Crippen molar-refractivity contribution in [2.45, 2.75) is 0 Å². The summed E-state index contributed by atoms with van der Waals surface area (Å²) < 4.78 is 19.4. The van der Waals surface area contributed by atoms with Crippen LogP contribution in [0.25, 0.3) is 20.8 Å². The van der Waals surface area contributed by atoms with E-state index in [1.54, 1.807) is 25.3 Å². The molecular formula is C14H11FN2OS. The van der Waals surface area contributed by atoms with Gasteiger partial charge in [-0.3, -0.25) is 0 Å². The van der Waals surface area contributed by atoms with Crippen molar-refractivity contribution in [3.8, 4) is 16.3 Å². The summed E-state index contributed by atoms with van der Waals surface area (Å²) in [4.78, 5) is 4.44. The molecular weight excluding hydrogens is 263 g/mol. The van der Waals surface area contributed by atoms with Crippen molar-refractivity contribution in [3.05, 3.63) is 42.2 Å². The molecule has 0 saturated heterocycles. The third-order valence-corrected chi connectivity index (χ3v) is 3.88. The number of fused-ring (bicyclic) bond motifs is 1. The molecule has 0 unspecified atom stereocenters. The molecule has 0 bridgehead atoms. The molecule has 0 spiro atoms. The summed E-state index contributed by atoms with van der Waals surface area (Å²) in [6.07, 6.45) is 0. The Hall–Kier alpha value is -2.14. The molecule has 2 aromatic carbocycles. The van der Waals surface area contributed by atoms with Crippen LogP contribution in [0.4, 0.5) is 10.1 Å². The van der Waals surface area contributed by atoms with E-state index in [9.17, 15) is 4.39 Å². The van der Waals surface area contributed by atoms with Gasteiger partial charge in [-0.05, 0) is 24.3 Å². The van der Waals surface area contributed by atoms with E-state index in [4.69, 9.17) is 10.5 Å². The number of rotatable bonds is 2. The first-order chi connectivity index (χ1) is 9.17. The number of thiazole rings is 1. The fraction of sp³-hybridized carbons (Fsp3) is 0.0714. The third kappa shape index (κ3) is 2.13. The Morgan fingerprint density at radius 1 is 1.21 bits per heavy atom. The van der Waals surface area contributed by atoms with Crippen LogP contribution in [0.3, 0.4) is 0 Å². The predicted octanol–water partition coefficient (Wildman–Crippen LogP) is 3.69. The average molecular weight is 274 g/mol. The average Bonchev–Trinajstić information content (AvgIpc) is 2.81. The van der Waals surface area contributed by atoms with E-state index in [1.807, 2.05) is 6.07 Å². The van der Waals surface area contributed by atoms with E-state index in [0.29, 0.717) is 17.0 Å². The molecule has 0 radical (unpaired) electrons. The molecule has 0 aliphatic rings. The molecule has 0 aliphatic carbocycles. The highest BCUT2D eigenvalue weighted by atomic mass is 32.1. The molecule has 5 heteroatoms. The maximum Gasteiger partial charge on any atom is 0.131 e. The molecule has 96 valence electrons. The van der Waals surface area contributed by atoms with Crippen molar-refractivity contribution in [2.24, 2.45) is 0 Å². The first kappa shape index (κ1) is 11.9. The number of anilines is 1. The molecule has 3 nitrogen and oxygen atoms in total. The van der Waals surface area contributed by atoms with Gasteiger partial charge in [0.1, 0.15) is 16.6 Å². The number of hydrogen-bond donors (Lipinski definition) is 1. The number of nitrogen functional groups attached to an aromatic ring is 1. The van der Waals surface area contributed by atoms with Crippen LogP contribution in [0.1, 0.15) is 0 Å². The van der Waals surface area contributed by atoms with Crippen LogP contribution >= 0.6 is 11.3 Å². The lowest BCUT2D eigenvalue weighted by atomic mass is 10.2. The molecule has 0 amide bonds. The molecule has 0 fully saturated rings. The Morgan fingerprint density at radius 2 is 2.05 bits per heavy atom. The molecule has 3 rings (SSSR count). The lowest BCUT2D eigenvalue weighted by Gasteiger charge is -2.06. The highest BCUT2D eigenvalue weighted by molar-refractivity contribution is 7.21. The van der Waals surface area contributed by atoms with E-state index in [1.165, 1.54) is 23.5 Å². The highest BCUT2D eigenvalue weighted by Crippen LogP contribution is 2.36. The van der Waals surface area contributed by atoms with Crippen molar-refractivity contribution in [2.75, 3.05) is 12.8 Å². The molecule has 3 aromatic rings. The fourth-order valence-electron chi connectivity index (χ4n) is 1.90. The zero-order valence-electron chi connectivity index (χ0n) is 10.2. The van der Waals surface area contributed by atoms with Gasteiger partial charge in [0.25, 0.3) is 0 Å². The maximum absolute atomic E-state index is 13.2. The minimum Gasteiger partial charge on any atom is -0.496 e. The van der Waals surface area contributed by atoms with Crippen LogP contribution in [-0.4, -0.2) is 12.1 Å². The number of methoxy groups -OCH3 is 1. The lowest BCUT2D eigenvalue weighted by molar-refractivity contribution is 0.416. The number of ether oxygens (including phenoxy) is 1. The number of nitrogens with two attached hydrogens (primary N) is 1. The van der Waals surface area contributed by atoms with E-state index in [-0.39, 0.29) is 5.82 Å². The smallest absolute Gasteiger partial charge is 0.131 e. The number of benzene rings is 2. The molecule has 1 heterocycles. The van der Waals surface area contributed by atoms with E-state index in [0.717, 1.165) is 15.3 Å². The highest BCUT2D eigenvalue weighted by Gasteiger charge is 2.12. The van der Waals surface area contributed by atoms with Gasteiger partial charge in [-0.1, -0.05) is 0 Å². The van der Waals surface area contributed by atoms with Gasteiger partial charge in [0, 0.05) is 17.8 Å². The number of halogens is 1. The second-order valence-electron chi connectivity index (χ2n) is 4.09. The van der Waals surface area contributed by atoms with Gasteiger partial charge in [-0.2, -0.15) is 0 Å².